The van der Waals surface area contributed by atoms with Gasteiger partial charge in [0.15, 0.2) is 0 Å². The van der Waals surface area contributed by atoms with Crippen LogP contribution in [0.25, 0.3) is 10.8 Å². The van der Waals surface area contributed by atoms with Gasteiger partial charge in [-0.2, -0.15) is 0 Å². The first kappa shape index (κ1) is 58.6. The molecule has 0 radical (unpaired) electrons. The van der Waals surface area contributed by atoms with Gasteiger partial charge in [-0.1, -0.05) is 192 Å². The summed E-state index contributed by atoms with van der Waals surface area (Å²) in [4.78, 5) is 52.1. The third kappa shape index (κ3) is 20.1. The number of benzene rings is 6. The van der Waals surface area contributed by atoms with E-state index < -0.39 is 35.5 Å². The maximum Gasteiger partial charge on any atom is 0.346 e. The fourth-order valence-electron chi connectivity index (χ4n) is 9.39. The zero-order valence-electron chi connectivity index (χ0n) is 45.0. The number of rotatable bonds is 34. The predicted molar refractivity (Wildman–Crippen MR) is 299 cm³/mol. The van der Waals surface area contributed by atoms with Crippen LogP contribution in [0.15, 0.2) is 121 Å². The lowest BCUT2D eigenvalue weighted by Crippen LogP contribution is -2.12. The van der Waals surface area contributed by atoms with Gasteiger partial charge in [-0.25, -0.2) is 28.0 Å². The molecule has 0 N–H and O–H groups in total. The molecule has 6 rings (SSSR count). The Kier molecular flexibility index (Phi) is 25.2. The van der Waals surface area contributed by atoms with Crippen LogP contribution in [0.3, 0.4) is 0 Å². The summed E-state index contributed by atoms with van der Waals surface area (Å²) in [6.07, 6.45) is 32.9. The third-order valence-corrected chi connectivity index (χ3v) is 14.0. The van der Waals surface area contributed by atoms with E-state index in [0.29, 0.717) is 21.9 Å². The summed E-state index contributed by atoms with van der Waals surface area (Å²) >= 11 is 0. The molecule has 0 heterocycles. The highest BCUT2D eigenvalue weighted by Crippen LogP contribution is 2.29. The van der Waals surface area contributed by atoms with Crippen molar-refractivity contribution in [3.8, 4) is 23.0 Å². The smallest absolute Gasteiger partial charge is 0.346 e. The number of hydrogen-bond donors (Lipinski definition) is 0. The van der Waals surface area contributed by atoms with Crippen molar-refractivity contribution in [1.29, 1.82) is 0 Å². The van der Waals surface area contributed by atoms with Crippen molar-refractivity contribution in [2.45, 2.75) is 181 Å². The number of ether oxygens (including phenoxy) is 4. The minimum Gasteiger partial charge on any atom is -0.423 e. The topological polar surface area (TPSA) is 105 Å². The molecule has 6 aromatic rings. The fourth-order valence-corrected chi connectivity index (χ4v) is 9.39. The summed E-state index contributed by atoms with van der Waals surface area (Å²) in [7, 11) is 0. The Morgan fingerprint density at radius 3 is 0.934 bits per heavy atom. The molecule has 8 nitrogen and oxygen atoms in total. The molecular weight excluding hydrogens is 959 g/mol. The van der Waals surface area contributed by atoms with Gasteiger partial charge in [-0.3, -0.25) is 0 Å². The van der Waals surface area contributed by atoms with Crippen LogP contribution in [-0.2, 0) is 12.8 Å². The van der Waals surface area contributed by atoms with Gasteiger partial charge in [-0.15, -0.1) is 0 Å². The van der Waals surface area contributed by atoms with Crippen molar-refractivity contribution >= 4 is 34.6 Å². The number of aryl methyl sites for hydroxylation is 2. The number of esters is 4. The highest BCUT2D eigenvalue weighted by molar-refractivity contribution is 5.95. The molecule has 0 saturated heterocycles. The van der Waals surface area contributed by atoms with Gasteiger partial charge >= 0.3 is 23.9 Å². The van der Waals surface area contributed by atoms with E-state index in [1.54, 1.807) is 36.4 Å². The Hall–Kier alpha value is -6.68. The van der Waals surface area contributed by atoms with Crippen molar-refractivity contribution in [3.63, 3.8) is 0 Å². The van der Waals surface area contributed by atoms with Crippen molar-refractivity contribution in [2.75, 3.05) is 0 Å². The molecule has 6 aromatic carbocycles. The first-order valence-electron chi connectivity index (χ1n) is 28.3. The second kappa shape index (κ2) is 32.7. The summed E-state index contributed by atoms with van der Waals surface area (Å²) in [5, 5.41) is 1.22. The van der Waals surface area contributed by atoms with E-state index in [1.165, 1.54) is 190 Å². The minimum atomic E-state index is -0.983. The molecule has 0 spiro atoms. The molecule has 10 heteroatoms. The number of halogens is 2. The molecule has 76 heavy (non-hydrogen) atoms. The monoisotopic (exact) mass is 1040 g/mol. The molecule has 0 unspecified atom stereocenters. The van der Waals surface area contributed by atoms with Gasteiger partial charge in [0.05, 0.1) is 22.3 Å². The van der Waals surface area contributed by atoms with Crippen molar-refractivity contribution < 1.29 is 46.9 Å². The highest BCUT2D eigenvalue weighted by Gasteiger charge is 2.20. The van der Waals surface area contributed by atoms with Crippen molar-refractivity contribution in [2.24, 2.45) is 0 Å². The number of unbranched alkanes of at least 4 members (excludes halogenated alkanes) is 22. The van der Waals surface area contributed by atoms with E-state index in [9.17, 15) is 19.2 Å². The summed E-state index contributed by atoms with van der Waals surface area (Å²) in [6, 6.07) is 30.8. The molecule has 0 saturated carbocycles. The lowest BCUT2D eigenvalue weighted by molar-refractivity contribution is 0.0715. The van der Waals surface area contributed by atoms with Crippen LogP contribution < -0.4 is 18.9 Å². The van der Waals surface area contributed by atoms with E-state index in [0.717, 1.165) is 48.9 Å². The maximum atomic E-state index is 15.3. The Morgan fingerprint density at radius 2 is 0.605 bits per heavy atom. The van der Waals surface area contributed by atoms with Crippen LogP contribution in [-0.4, -0.2) is 23.9 Å². The van der Waals surface area contributed by atoms with Crippen LogP contribution in [0.5, 0.6) is 23.0 Å². The molecule has 0 fully saturated rings. The first-order chi connectivity index (χ1) is 37.1. The van der Waals surface area contributed by atoms with E-state index in [2.05, 4.69) is 13.8 Å². The molecule has 0 aliphatic rings. The number of hydrogen-bond acceptors (Lipinski definition) is 8. The Balaban J connectivity index is 0.906. The van der Waals surface area contributed by atoms with Crippen molar-refractivity contribution in [1.82, 2.24) is 0 Å². The maximum absolute atomic E-state index is 15.3. The molecule has 0 aliphatic carbocycles. The van der Waals surface area contributed by atoms with E-state index in [1.807, 2.05) is 24.3 Å². The number of carbonyl (C=O) groups is 4. The highest BCUT2D eigenvalue weighted by atomic mass is 19.1. The van der Waals surface area contributed by atoms with E-state index >= 15 is 8.78 Å². The summed E-state index contributed by atoms with van der Waals surface area (Å²) in [5.41, 5.74) is 2.19. The Bertz CT molecular complexity index is 2560. The van der Waals surface area contributed by atoms with Crippen LogP contribution in [0.4, 0.5) is 8.78 Å². The molecular formula is C66H78F2O8. The van der Waals surface area contributed by atoms with Gasteiger partial charge in [0, 0.05) is 12.1 Å². The molecule has 0 bridgehead atoms. The zero-order valence-corrected chi connectivity index (χ0v) is 45.0. The molecule has 0 aliphatic heterocycles. The second-order valence-electron chi connectivity index (χ2n) is 20.2. The lowest BCUT2D eigenvalue weighted by Gasteiger charge is -2.10. The summed E-state index contributed by atoms with van der Waals surface area (Å²) in [6.45, 7) is 4.50. The zero-order chi connectivity index (χ0) is 53.7. The van der Waals surface area contributed by atoms with Gasteiger partial charge in [-0.05, 0) is 120 Å². The summed E-state index contributed by atoms with van der Waals surface area (Å²) < 4.78 is 52.4. The van der Waals surface area contributed by atoms with Crippen LogP contribution in [0.2, 0.25) is 0 Å². The number of carbonyl (C=O) groups excluding carboxylic acids is 4. The molecule has 0 atom stereocenters. The average Bonchev–Trinajstić information content (AvgIpc) is 3.42. The van der Waals surface area contributed by atoms with E-state index in [4.69, 9.17) is 18.9 Å². The third-order valence-electron chi connectivity index (χ3n) is 14.0. The first-order valence-corrected chi connectivity index (χ1v) is 28.3. The average molecular weight is 1040 g/mol. The minimum absolute atomic E-state index is 0.0668. The quantitative estimate of drug-likeness (QED) is 0.0224. The van der Waals surface area contributed by atoms with Crippen LogP contribution in [0.1, 0.15) is 221 Å². The van der Waals surface area contributed by atoms with E-state index in [-0.39, 0.29) is 34.1 Å². The predicted octanol–water partition coefficient (Wildman–Crippen LogP) is 18.5. The second-order valence-corrected chi connectivity index (χ2v) is 20.2. The fraction of sp³-hybridized carbons (Fsp3) is 0.424. The Labute approximate surface area is 449 Å². The van der Waals surface area contributed by atoms with Gasteiger partial charge in [0.1, 0.15) is 34.6 Å². The normalized spacial score (nSPS) is 11.2. The van der Waals surface area contributed by atoms with Gasteiger partial charge < -0.3 is 18.9 Å². The number of fused-ring (bicyclic) bond motifs is 1. The largest absolute Gasteiger partial charge is 0.423 e. The lowest BCUT2D eigenvalue weighted by atomic mass is 10.0. The van der Waals surface area contributed by atoms with Gasteiger partial charge in [0.2, 0.25) is 0 Å². The van der Waals surface area contributed by atoms with Crippen LogP contribution >= 0.6 is 0 Å². The van der Waals surface area contributed by atoms with Gasteiger partial charge in [0.25, 0.3) is 0 Å². The molecule has 404 valence electrons. The SMILES string of the molecule is CCCCCCCCCCCCCCc1ccc(C(=O)Oc2ccc(C(=O)Oc3ccc4ccc(OC(=O)c5ccc(OC(=O)c6ccc(CCCCCCCCCCCCCC)cc6)cc5F)cc4c3)c(F)c2)cc1. The summed E-state index contributed by atoms with van der Waals surface area (Å²) in [5.74, 6) is -5.10. The van der Waals surface area contributed by atoms with Crippen molar-refractivity contribution in [3.05, 3.63) is 166 Å². The Morgan fingerprint density at radius 1 is 0.316 bits per heavy atom. The molecule has 0 amide bonds. The standard InChI is InChI=1S/C66H78F2O8/c1-3-5-7-9-11-13-15-17-19-21-23-25-27-49-29-33-52(34-30-49)63(69)73-57-41-43-59(61(67)47-57)65(71)75-55-39-37-51-38-40-56(46-54(51)45-55)76-66(72)60-44-42-58(48-62(60)68)74-64(70)53-35-31-50(32-36-53)28-26-24-22-20-18-16-14-12-10-8-6-4-2/h29-48H,3-28H2,1-2H3. The molecule has 0 aromatic heterocycles. The van der Waals surface area contributed by atoms with Crippen LogP contribution in [0, 0.1) is 11.6 Å².